The van der Waals surface area contributed by atoms with E-state index in [2.05, 4.69) is 25.5 Å². The highest BCUT2D eigenvalue weighted by atomic mass is 16.2. The Morgan fingerprint density at radius 1 is 1.33 bits per heavy atom. The highest BCUT2D eigenvalue weighted by molar-refractivity contribution is 5.91. The van der Waals surface area contributed by atoms with Crippen LogP contribution in [0, 0.1) is 6.92 Å². The molecule has 108 valence electrons. The van der Waals surface area contributed by atoms with Gasteiger partial charge in [0.05, 0.1) is 6.33 Å². The van der Waals surface area contributed by atoms with Gasteiger partial charge >= 0.3 is 0 Å². The van der Waals surface area contributed by atoms with E-state index in [-0.39, 0.29) is 11.7 Å². The van der Waals surface area contributed by atoms with Gasteiger partial charge in [-0.1, -0.05) is 0 Å². The first-order valence-electron chi connectivity index (χ1n) is 6.66. The minimum absolute atomic E-state index is 0.250. The number of aromatic nitrogens is 6. The number of rotatable bonds is 5. The second-order valence-electron chi connectivity index (χ2n) is 4.67. The summed E-state index contributed by atoms with van der Waals surface area (Å²) in [6.45, 7) is 3.23. The Bertz CT molecular complexity index is 747. The topological polar surface area (TPSA) is 90.0 Å². The third-order valence-electron chi connectivity index (χ3n) is 3.06. The average Bonchev–Trinajstić information content (AvgIpc) is 3.12. The smallest absolute Gasteiger partial charge is 0.289 e. The average molecular weight is 285 g/mol. The van der Waals surface area contributed by atoms with Crippen LogP contribution in [-0.4, -0.2) is 41.6 Å². The van der Waals surface area contributed by atoms with Crippen LogP contribution < -0.4 is 5.32 Å². The Morgan fingerprint density at radius 2 is 2.24 bits per heavy atom. The standard InChI is InChI=1S/C13H15N7O/c1-10-3-7-20-11(17-18-13(20)16-10)12(21)15-4-2-6-19-8-5-14-9-19/h3,5,7-9H,2,4,6H2,1H3,(H,15,21). The van der Waals surface area contributed by atoms with Crippen LogP contribution in [0.25, 0.3) is 5.78 Å². The lowest BCUT2D eigenvalue weighted by Gasteiger charge is -2.04. The van der Waals surface area contributed by atoms with Crippen LogP contribution in [0.2, 0.25) is 0 Å². The fourth-order valence-electron chi connectivity index (χ4n) is 1.99. The number of nitrogens with one attached hydrogen (secondary N) is 1. The van der Waals surface area contributed by atoms with E-state index < -0.39 is 0 Å². The van der Waals surface area contributed by atoms with Crippen molar-refractivity contribution in [2.45, 2.75) is 19.9 Å². The van der Waals surface area contributed by atoms with Crippen molar-refractivity contribution < 1.29 is 4.79 Å². The summed E-state index contributed by atoms with van der Waals surface area (Å²) in [6, 6.07) is 1.81. The molecule has 0 saturated carbocycles. The van der Waals surface area contributed by atoms with Gasteiger partial charge in [-0.2, -0.15) is 0 Å². The van der Waals surface area contributed by atoms with E-state index >= 15 is 0 Å². The third-order valence-corrected chi connectivity index (χ3v) is 3.06. The molecule has 21 heavy (non-hydrogen) atoms. The van der Waals surface area contributed by atoms with Crippen molar-refractivity contribution in [1.82, 2.24) is 34.4 Å². The molecular weight excluding hydrogens is 270 g/mol. The number of hydrogen-bond donors (Lipinski definition) is 1. The maximum Gasteiger partial charge on any atom is 0.289 e. The number of imidazole rings is 1. The molecule has 0 saturated heterocycles. The predicted octanol–water partition coefficient (Wildman–Crippen LogP) is 0.449. The first-order valence-corrected chi connectivity index (χ1v) is 6.66. The molecule has 0 atom stereocenters. The second kappa shape index (κ2) is 5.70. The zero-order valence-corrected chi connectivity index (χ0v) is 11.6. The summed E-state index contributed by atoms with van der Waals surface area (Å²) < 4.78 is 3.55. The molecule has 0 unspecified atom stereocenters. The summed E-state index contributed by atoms with van der Waals surface area (Å²) in [7, 11) is 0. The molecule has 0 aliphatic heterocycles. The highest BCUT2D eigenvalue weighted by Gasteiger charge is 2.14. The van der Waals surface area contributed by atoms with Gasteiger partial charge in [-0.3, -0.25) is 9.20 Å². The molecule has 0 fully saturated rings. The summed E-state index contributed by atoms with van der Waals surface area (Å²) in [5.41, 5.74) is 0.835. The lowest BCUT2D eigenvalue weighted by Crippen LogP contribution is -2.27. The number of hydrogen-bond acceptors (Lipinski definition) is 5. The van der Waals surface area contributed by atoms with Crippen LogP contribution in [0.5, 0.6) is 0 Å². The number of carbonyl (C=O) groups is 1. The van der Waals surface area contributed by atoms with Crippen molar-refractivity contribution in [3.05, 3.63) is 42.5 Å². The SMILES string of the molecule is Cc1ccn2c(C(=O)NCCCn3ccnc3)nnc2n1. The number of carbonyl (C=O) groups excluding carboxylic acids is 1. The van der Waals surface area contributed by atoms with Crippen molar-refractivity contribution in [2.75, 3.05) is 6.54 Å². The van der Waals surface area contributed by atoms with Crippen molar-refractivity contribution in [3.8, 4) is 0 Å². The number of fused-ring (bicyclic) bond motifs is 1. The van der Waals surface area contributed by atoms with Gasteiger partial charge in [0.1, 0.15) is 0 Å². The van der Waals surface area contributed by atoms with Gasteiger partial charge in [0, 0.05) is 37.4 Å². The Morgan fingerprint density at radius 3 is 3.05 bits per heavy atom. The number of nitrogens with zero attached hydrogens (tertiary/aromatic N) is 6. The molecule has 8 heteroatoms. The molecule has 3 rings (SSSR count). The van der Waals surface area contributed by atoms with Crippen LogP contribution in [0.4, 0.5) is 0 Å². The van der Waals surface area contributed by atoms with Crippen LogP contribution in [-0.2, 0) is 6.54 Å². The third kappa shape index (κ3) is 2.88. The monoisotopic (exact) mass is 285 g/mol. The van der Waals surface area contributed by atoms with Gasteiger partial charge in [-0.15, -0.1) is 10.2 Å². The normalized spacial score (nSPS) is 10.9. The van der Waals surface area contributed by atoms with Crippen LogP contribution in [0.1, 0.15) is 22.7 Å². The quantitative estimate of drug-likeness (QED) is 0.687. The van der Waals surface area contributed by atoms with Gasteiger partial charge in [-0.25, -0.2) is 9.97 Å². The zero-order valence-electron chi connectivity index (χ0n) is 11.6. The van der Waals surface area contributed by atoms with E-state index in [4.69, 9.17) is 0 Å². The molecule has 1 amide bonds. The maximum absolute atomic E-state index is 12.1. The Labute approximate surface area is 120 Å². The van der Waals surface area contributed by atoms with Crippen molar-refractivity contribution in [3.63, 3.8) is 0 Å². The molecule has 0 aliphatic rings. The molecule has 8 nitrogen and oxygen atoms in total. The van der Waals surface area contributed by atoms with Gasteiger partial charge in [-0.05, 0) is 19.4 Å². The summed E-state index contributed by atoms with van der Waals surface area (Å²) >= 11 is 0. The Kier molecular flexibility index (Phi) is 3.59. The second-order valence-corrected chi connectivity index (χ2v) is 4.67. The Balaban J connectivity index is 1.59. The zero-order chi connectivity index (χ0) is 14.7. The predicted molar refractivity (Wildman–Crippen MR) is 74.7 cm³/mol. The lowest BCUT2D eigenvalue weighted by molar-refractivity contribution is 0.0941. The fraction of sp³-hybridized carbons (Fsp3) is 0.308. The van der Waals surface area contributed by atoms with Crippen molar-refractivity contribution in [2.24, 2.45) is 0 Å². The van der Waals surface area contributed by atoms with Gasteiger partial charge in [0.2, 0.25) is 5.82 Å². The van der Waals surface area contributed by atoms with Crippen molar-refractivity contribution >= 4 is 11.7 Å². The van der Waals surface area contributed by atoms with Crippen LogP contribution >= 0.6 is 0 Å². The van der Waals surface area contributed by atoms with Gasteiger partial charge < -0.3 is 9.88 Å². The fourth-order valence-corrected chi connectivity index (χ4v) is 1.99. The molecule has 0 aliphatic carbocycles. The van der Waals surface area contributed by atoms with E-state index in [9.17, 15) is 4.79 Å². The highest BCUT2D eigenvalue weighted by Crippen LogP contribution is 2.02. The van der Waals surface area contributed by atoms with E-state index in [0.717, 1.165) is 18.7 Å². The molecule has 3 aromatic heterocycles. The van der Waals surface area contributed by atoms with E-state index in [0.29, 0.717) is 12.3 Å². The molecular formula is C13H15N7O. The molecule has 1 N–H and O–H groups in total. The summed E-state index contributed by atoms with van der Waals surface area (Å²) in [5, 5.41) is 10.6. The van der Waals surface area contributed by atoms with E-state index in [1.54, 1.807) is 23.1 Å². The van der Waals surface area contributed by atoms with E-state index in [1.807, 2.05) is 23.8 Å². The summed E-state index contributed by atoms with van der Waals surface area (Å²) in [6.07, 6.45) is 7.94. The van der Waals surface area contributed by atoms with E-state index in [1.165, 1.54) is 0 Å². The molecule has 0 radical (unpaired) electrons. The molecule has 3 heterocycles. The first kappa shape index (κ1) is 13.2. The van der Waals surface area contributed by atoms with Crippen molar-refractivity contribution in [1.29, 1.82) is 0 Å². The summed E-state index contributed by atoms with van der Waals surface area (Å²) in [5.74, 6) is 0.428. The lowest BCUT2D eigenvalue weighted by atomic mass is 10.4. The number of amides is 1. The largest absolute Gasteiger partial charge is 0.349 e. The Hall–Kier alpha value is -2.77. The van der Waals surface area contributed by atoms with Gasteiger partial charge in [0.15, 0.2) is 0 Å². The minimum atomic E-state index is -0.251. The maximum atomic E-state index is 12.1. The number of aryl methyl sites for hydroxylation is 2. The molecule has 0 aromatic carbocycles. The van der Waals surface area contributed by atoms with Crippen LogP contribution in [0.3, 0.4) is 0 Å². The van der Waals surface area contributed by atoms with Gasteiger partial charge in [0.25, 0.3) is 11.7 Å². The first-order chi connectivity index (χ1) is 10.2. The summed E-state index contributed by atoms with van der Waals surface area (Å²) in [4.78, 5) is 20.3. The van der Waals surface area contributed by atoms with Crippen LogP contribution in [0.15, 0.2) is 31.0 Å². The minimum Gasteiger partial charge on any atom is -0.349 e. The molecule has 0 spiro atoms. The molecule has 3 aromatic rings. The molecule has 0 bridgehead atoms.